The van der Waals surface area contributed by atoms with Crippen LogP contribution < -0.4 is 5.32 Å². The van der Waals surface area contributed by atoms with Crippen molar-refractivity contribution in [3.8, 4) is 11.1 Å². The van der Waals surface area contributed by atoms with Gasteiger partial charge in [0.1, 0.15) is 17.0 Å². The molecule has 64 heteroatoms. The molecule has 2 aliphatic heterocycles. The molecule has 3 amide bonds. The van der Waals surface area contributed by atoms with E-state index in [2.05, 4.69) is 82.0 Å². The molecule has 1 N–H and O–H groups in total. The van der Waals surface area contributed by atoms with E-state index in [4.69, 9.17) is 221 Å². The van der Waals surface area contributed by atoms with Crippen molar-refractivity contribution in [3.63, 3.8) is 0 Å². The second kappa shape index (κ2) is 48.3. The third kappa shape index (κ3) is 27.7. The van der Waals surface area contributed by atoms with Crippen LogP contribution in [0.1, 0.15) is 136 Å². The summed E-state index contributed by atoms with van der Waals surface area (Å²) in [7, 11) is 182. The van der Waals surface area contributed by atoms with Crippen molar-refractivity contribution in [2.24, 2.45) is 10.8 Å². The van der Waals surface area contributed by atoms with E-state index in [1.807, 2.05) is 88.9 Å². The number of hydrogen-bond donors (Lipinski definition) is 1. The number of hydrogen-bond acceptors (Lipinski definition) is 7. The Morgan fingerprint density at radius 3 is 1.16 bits per heavy atom. The van der Waals surface area contributed by atoms with Gasteiger partial charge in [-0.15, -0.1) is 0 Å². The zero-order chi connectivity index (χ0) is 89.2. The van der Waals surface area contributed by atoms with Crippen LogP contribution in [0, 0.1) is 10.8 Å². The number of allylic oxidation sites excluding steroid dienone is 2. The van der Waals surface area contributed by atoms with E-state index in [9.17, 15) is 14.4 Å². The summed E-state index contributed by atoms with van der Waals surface area (Å²) < 4.78 is 5.62. The third-order valence-corrected chi connectivity index (χ3v) is 24.9. The van der Waals surface area contributed by atoms with Gasteiger partial charge in [-0.1, -0.05) is 72.8 Å². The van der Waals surface area contributed by atoms with Gasteiger partial charge in [0.05, 0.1) is 0 Å². The van der Waals surface area contributed by atoms with Crippen molar-refractivity contribution in [1.29, 1.82) is 0 Å². The summed E-state index contributed by atoms with van der Waals surface area (Å²) in [5.74, 6) is -0.0249. The average molecular weight is 1460 g/mol. The number of carbonyl (C=O) groups excluding carboxylic acids is 3. The highest BCUT2D eigenvalue weighted by molar-refractivity contribution is 8.36. The van der Waals surface area contributed by atoms with Crippen LogP contribution in [0.25, 0.3) is 22.8 Å². The largest absolute Gasteiger partial charge is 0.444 e. The molecule has 2 spiro atoms. The molecule has 2 aromatic carbocycles. The van der Waals surface area contributed by atoms with E-state index in [0.29, 0.717) is 44.1 Å². The number of ether oxygens (including phenoxy) is 1. The highest BCUT2D eigenvalue weighted by Crippen LogP contribution is 2.46. The molecule has 4 aromatic rings. The molecule has 56 radical (unpaired) electrons. The summed E-state index contributed by atoms with van der Waals surface area (Å²) in [6.07, 6.45) is -15.9. The summed E-state index contributed by atoms with van der Waals surface area (Å²) >= 11 is 0. The average Bonchev–Trinajstić information content (AvgIpc) is 0.955. The maximum Gasteiger partial charge on any atom is 0.410 e. The Bertz CT molecular complexity index is 3700. The molecule has 0 bridgehead atoms. The predicted octanol–water partition coefficient (Wildman–Crippen LogP) is -10.0. The second-order valence-electron chi connectivity index (χ2n) is 34.3. The Hall–Kier alpha value is -2.10. The van der Waals surface area contributed by atoms with Crippen LogP contribution in [-0.2, 0) is 17.6 Å². The maximum atomic E-state index is 12.6. The Kier molecular flexibility index (Phi) is 42.9. The minimum Gasteiger partial charge on any atom is -0.444 e. The van der Waals surface area contributed by atoms with Crippen LogP contribution in [-0.4, -0.2) is 483 Å². The maximum absolute atomic E-state index is 12.6. The fourth-order valence-electron chi connectivity index (χ4n) is 19.4. The third-order valence-electron chi connectivity index (χ3n) is 24.9. The zero-order valence-electron chi connectivity index (χ0n) is 71.1. The van der Waals surface area contributed by atoms with E-state index in [-0.39, 0.29) is 28.7 Å². The molecule has 2 fully saturated rings. The molecule has 119 heavy (non-hydrogen) atoms. The van der Waals surface area contributed by atoms with Crippen molar-refractivity contribution in [1.82, 2.24) is 30.0 Å². The van der Waals surface area contributed by atoms with Gasteiger partial charge in [-0.2, -0.15) is 0 Å². The van der Waals surface area contributed by atoms with Crippen molar-refractivity contribution < 1.29 is 19.1 Å². The Balaban J connectivity index is 0.000000291. The van der Waals surface area contributed by atoms with Gasteiger partial charge < -0.3 is 24.8 Å². The minimum absolute atomic E-state index is 0.00545. The number of rotatable bonds is 33. The molecule has 2 unspecified atom stereocenters. The summed E-state index contributed by atoms with van der Waals surface area (Å²) in [5, 5.41) is 3.56. The fourth-order valence-corrected chi connectivity index (χ4v) is 19.4. The van der Waals surface area contributed by atoms with Gasteiger partial charge in [-0.3, -0.25) is 19.6 Å². The molecule has 2 atom stereocenters. The molecule has 506 valence electrons. The van der Waals surface area contributed by atoms with E-state index in [1.54, 1.807) is 4.90 Å². The smallest absolute Gasteiger partial charge is 0.410 e. The van der Waals surface area contributed by atoms with E-state index < -0.39 is 172 Å². The van der Waals surface area contributed by atoms with Crippen molar-refractivity contribution in [3.05, 3.63) is 130 Å². The molecule has 2 saturated heterocycles. The molecular weight excluding hydrogens is 1390 g/mol. The number of likely N-dealkylation sites (tertiary alicyclic amines) is 1. The number of fused-ring (bicyclic) bond motifs is 2. The van der Waals surface area contributed by atoms with Crippen LogP contribution in [0.2, 0.25) is 0 Å². The molecular formula is C55H70B54N6O4. The molecule has 10 nitrogen and oxygen atoms in total. The minimum atomic E-state index is -1.44. The zero-order valence-corrected chi connectivity index (χ0v) is 71.1. The van der Waals surface area contributed by atoms with E-state index in [0.717, 1.165) is 74.8 Å². The van der Waals surface area contributed by atoms with Gasteiger partial charge in [-0.25, -0.2) is 4.79 Å². The predicted molar refractivity (Wildman–Crippen MR) is 572 cm³/mol. The normalized spacial score (nSPS) is 15.5. The molecule has 4 aliphatic rings. The van der Waals surface area contributed by atoms with Gasteiger partial charge in [0.25, 0.3) is 11.8 Å². The number of aromatic nitrogens is 2. The summed E-state index contributed by atoms with van der Waals surface area (Å²) in [4.78, 5) is 52.4. The number of amides is 3. The number of nitrogens with zero attached hydrogens (tertiary/aromatic N) is 5. The van der Waals surface area contributed by atoms with E-state index >= 15 is 0 Å². The summed E-state index contributed by atoms with van der Waals surface area (Å²) in [6.45, 7) is 20.1. The fraction of sp³-hybridized carbons (Fsp3) is 0.473. The number of pyridine rings is 2. The highest BCUT2D eigenvalue weighted by atomic mass is 16.6. The number of carbonyl (C=O) groups is 3. The summed E-state index contributed by atoms with van der Waals surface area (Å²) in [6, 6.07) is 23.0. The lowest BCUT2D eigenvalue weighted by atomic mass is 8.24. The van der Waals surface area contributed by atoms with Gasteiger partial charge in [0.15, 0.2) is 0 Å². The van der Waals surface area contributed by atoms with Gasteiger partial charge in [0.2, 0.25) is 0 Å². The lowest BCUT2D eigenvalue weighted by Gasteiger charge is -2.58. The van der Waals surface area contributed by atoms with Crippen molar-refractivity contribution >= 4 is 412 Å². The lowest BCUT2D eigenvalue weighted by Crippen LogP contribution is -2.96. The quantitative estimate of drug-likeness (QED) is 0.0473. The van der Waals surface area contributed by atoms with Gasteiger partial charge >= 0.3 is 6.09 Å². The Labute approximate surface area is 765 Å². The van der Waals surface area contributed by atoms with E-state index in [1.165, 1.54) is 40.7 Å². The molecule has 8 rings (SSSR count). The first-order valence-electron chi connectivity index (χ1n) is 41.8. The van der Waals surface area contributed by atoms with Crippen molar-refractivity contribution in [2.75, 3.05) is 52.4 Å². The topological polar surface area (TPSA) is 108 Å². The number of nitrogens with one attached hydrogen (secondary N) is 1. The number of benzene rings is 2. The van der Waals surface area contributed by atoms with Crippen LogP contribution in [0.5, 0.6) is 0 Å². The van der Waals surface area contributed by atoms with Crippen LogP contribution in [0.3, 0.4) is 0 Å². The van der Waals surface area contributed by atoms with Crippen LogP contribution >= 0.6 is 0 Å². The van der Waals surface area contributed by atoms with Crippen molar-refractivity contribution in [2.45, 2.75) is 105 Å². The van der Waals surface area contributed by atoms with Crippen LogP contribution in [0.15, 0.2) is 91.3 Å². The standard InChI is InChI=1S/C30H39N3O3.C25H31N3O.B54/c1-6-32(7-2)27(34)26-13-12-23(21-31-26)24-11-8-10-22-20-30(16-14-25(22)24)15-9-18-33(19-17-30)28(35)36-29(3,4)5;1-3-28(4-2)24(29)23-11-10-20(18-27-23)22-17-25(12-7-14-26-15-13-25)16-19-8-5-6-9-21(19)22;1-29(2)43(30(3)4)50(44(31(5)6)32(7)8)53(49(41(25)26)42(27)28)54(51(45(33(9)10)34(11)12)46(35(13)14)36(15)16)52(47(37(17)18)38(19)20)48(39(21)22)40(23)24/h8,10-14,16,21H,6-7,9,15,17-20H2,1-5H3;5-6,8-11,17-18,26H,3-4,7,12-16H2,1-2H3;. The van der Waals surface area contributed by atoms with Crippen LogP contribution in [0.4, 0.5) is 4.79 Å². The van der Waals surface area contributed by atoms with Gasteiger partial charge in [0, 0.05) is 445 Å². The monoisotopic (exact) mass is 1470 g/mol. The molecule has 2 aliphatic carbocycles. The Morgan fingerprint density at radius 1 is 0.412 bits per heavy atom. The second-order valence-corrected chi connectivity index (χ2v) is 34.3. The Morgan fingerprint density at radius 2 is 0.773 bits per heavy atom. The SMILES string of the molecule is CCN(CC)C(=O)c1ccc(-c2cccc3c2C=CC2(CCCN(C(=O)OC(C)(C)C)CC2)C3)cn1.CCN(CC)C(=O)c1ccc(C2=CC3(CCCNCC3)Cc3ccccc32)cn1.[B]B([B])B(B([B])[B])B(B(B([B])[B])B([B])[B])B(B(B([B])[B])B([B])[B])B(B(B(B([B])[B])B([B])[B])B(B([B])[B])B([B])[B])B(B(B([B])[B])B([B])[B])B(B([B])[B])B([B])[B]. The molecule has 2 aromatic heterocycles. The first kappa shape index (κ1) is 106. The highest BCUT2D eigenvalue weighted by Gasteiger charge is 2.61. The molecule has 0 saturated carbocycles. The lowest BCUT2D eigenvalue weighted by molar-refractivity contribution is 0.0252. The first-order valence-corrected chi connectivity index (χ1v) is 41.8. The molecule has 4 heterocycles. The first-order chi connectivity index (χ1) is 55.8. The van der Waals surface area contributed by atoms with Gasteiger partial charge in [-0.05, 0) is 169 Å². The summed E-state index contributed by atoms with van der Waals surface area (Å²) in [5.41, 5.74) is 10.6.